The Morgan fingerprint density at radius 3 is 2.76 bits per heavy atom. The number of benzene rings is 3. The summed E-state index contributed by atoms with van der Waals surface area (Å²) in [5.41, 5.74) is 11.1. The van der Waals surface area contributed by atoms with Gasteiger partial charge in [-0.05, 0) is 48.7 Å². The molecule has 1 aromatic heterocycles. The van der Waals surface area contributed by atoms with Gasteiger partial charge in [-0.2, -0.15) is 0 Å². The van der Waals surface area contributed by atoms with Crippen LogP contribution in [0.2, 0.25) is 0 Å². The molecule has 0 fully saturated rings. The van der Waals surface area contributed by atoms with Gasteiger partial charge in [0.15, 0.2) is 0 Å². The highest BCUT2D eigenvalue weighted by Crippen LogP contribution is 2.23. The van der Waals surface area contributed by atoms with Gasteiger partial charge in [0.05, 0.1) is 5.52 Å². The highest BCUT2D eigenvalue weighted by Gasteiger charge is 2.07. The number of nitrogen functional groups attached to an aromatic ring is 1. The first-order valence-corrected chi connectivity index (χ1v) is 9.69. The molecular formula is C24H24N4O. The van der Waals surface area contributed by atoms with Crippen LogP contribution in [-0.4, -0.2) is 16.5 Å². The maximum absolute atomic E-state index is 6.10. The summed E-state index contributed by atoms with van der Waals surface area (Å²) in [4.78, 5) is 8.67. The van der Waals surface area contributed by atoms with Gasteiger partial charge in [0.2, 0.25) is 0 Å². The first-order chi connectivity index (χ1) is 14.2. The van der Waals surface area contributed by atoms with Gasteiger partial charge in [0.25, 0.3) is 0 Å². The topological polar surface area (TPSA) is 73.1 Å². The minimum atomic E-state index is 0.557. The molecule has 1 heterocycles. The van der Waals surface area contributed by atoms with Crippen LogP contribution in [0.25, 0.3) is 10.9 Å². The lowest BCUT2D eigenvalue weighted by molar-refractivity contribution is 0.303. The van der Waals surface area contributed by atoms with Crippen LogP contribution in [0.15, 0.2) is 73.1 Å². The fraction of sp³-hybridized carbons (Fsp3) is 0.167. The Bertz CT molecular complexity index is 1130. The van der Waals surface area contributed by atoms with Gasteiger partial charge < -0.3 is 15.8 Å². The number of hydrogen-bond acceptors (Lipinski definition) is 5. The van der Waals surface area contributed by atoms with Gasteiger partial charge in [-0.25, -0.2) is 9.97 Å². The highest BCUT2D eigenvalue weighted by molar-refractivity contribution is 5.91. The van der Waals surface area contributed by atoms with E-state index in [1.54, 1.807) is 6.33 Å². The predicted octanol–water partition coefficient (Wildman–Crippen LogP) is 4.75. The molecule has 0 bridgehead atoms. The van der Waals surface area contributed by atoms with Crippen LogP contribution in [0.4, 0.5) is 11.5 Å². The molecule has 0 spiro atoms. The van der Waals surface area contributed by atoms with Crippen LogP contribution < -0.4 is 15.8 Å². The number of aromatic nitrogens is 2. The fourth-order valence-electron chi connectivity index (χ4n) is 3.34. The Kier molecular flexibility index (Phi) is 5.56. The number of fused-ring (bicyclic) bond motifs is 1. The number of para-hydroxylation sites is 1. The third-order valence-electron chi connectivity index (χ3n) is 4.80. The number of hydrogen-bond donors (Lipinski definition) is 2. The molecule has 0 atom stereocenters. The number of nitrogens with zero attached hydrogens (tertiary/aromatic N) is 2. The van der Waals surface area contributed by atoms with Gasteiger partial charge in [0.1, 0.15) is 24.5 Å². The average Bonchev–Trinajstić information content (AvgIpc) is 2.73. The number of nitrogens with one attached hydrogen (secondary N) is 1. The minimum absolute atomic E-state index is 0.557. The zero-order valence-electron chi connectivity index (χ0n) is 16.4. The molecule has 0 unspecified atom stereocenters. The second kappa shape index (κ2) is 8.61. The Morgan fingerprint density at radius 2 is 1.86 bits per heavy atom. The maximum Gasteiger partial charge on any atom is 0.137 e. The summed E-state index contributed by atoms with van der Waals surface area (Å²) in [6, 6.07) is 22.2. The van der Waals surface area contributed by atoms with Gasteiger partial charge in [-0.1, -0.05) is 48.0 Å². The third-order valence-corrected chi connectivity index (χ3v) is 4.80. The first-order valence-electron chi connectivity index (χ1n) is 9.69. The lowest BCUT2D eigenvalue weighted by atomic mass is 10.1. The SMILES string of the molecule is Cc1cccc(COc2ccccc2CCNc2ncnc3ccc(N)cc23)c1. The smallest absolute Gasteiger partial charge is 0.137 e. The summed E-state index contributed by atoms with van der Waals surface area (Å²) in [6.07, 6.45) is 2.39. The van der Waals surface area contributed by atoms with Crippen LogP contribution in [0.3, 0.4) is 0 Å². The van der Waals surface area contributed by atoms with Gasteiger partial charge >= 0.3 is 0 Å². The van der Waals surface area contributed by atoms with Crippen molar-refractivity contribution in [3.8, 4) is 5.75 Å². The Morgan fingerprint density at radius 1 is 0.966 bits per heavy atom. The molecule has 0 amide bonds. The Balaban J connectivity index is 1.42. The summed E-state index contributed by atoms with van der Waals surface area (Å²) in [6.45, 7) is 3.38. The lowest BCUT2D eigenvalue weighted by Gasteiger charge is -2.13. The standard InChI is InChI=1S/C24H24N4O/c1-17-5-4-6-18(13-17)15-29-23-8-3-2-7-19(23)11-12-26-24-21-14-20(25)9-10-22(21)27-16-28-24/h2-10,13-14,16H,11-12,15,25H2,1H3,(H,26,27,28). The predicted molar refractivity (Wildman–Crippen MR) is 118 cm³/mol. The van der Waals surface area contributed by atoms with Crippen LogP contribution in [-0.2, 0) is 13.0 Å². The van der Waals surface area contributed by atoms with Crippen LogP contribution in [0, 0.1) is 6.92 Å². The van der Waals surface area contributed by atoms with Crippen LogP contribution in [0.1, 0.15) is 16.7 Å². The number of ether oxygens (including phenoxy) is 1. The van der Waals surface area contributed by atoms with Gasteiger partial charge in [-0.15, -0.1) is 0 Å². The Hall–Kier alpha value is -3.60. The summed E-state index contributed by atoms with van der Waals surface area (Å²) in [7, 11) is 0. The van der Waals surface area contributed by atoms with E-state index >= 15 is 0 Å². The second-order valence-electron chi connectivity index (χ2n) is 7.06. The summed E-state index contributed by atoms with van der Waals surface area (Å²) in [5, 5.41) is 4.34. The number of anilines is 2. The normalized spacial score (nSPS) is 10.8. The molecule has 0 saturated heterocycles. The molecule has 0 radical (unpaired) electrons. The minimum Gasteiger partial charge on any atom is -0.489 e. The molecular weight excluding hydrogens is 360 g/mol. The van der Waals surface area contributed by atoms with E-state index in [1.165, 1.54) is 11.1 Å². The van der Waals surface area contributed by atoms with E-state index in [1.807, 2.05) is 36.4 Å². The number of aryl methyl sites for hydroxylation is 1. The molecule has 3 aromatic carbocycles. The summed E-state index contributed by atoms with van der Waals surface area (Å²) in [5.74, 6) is 1.70. The fourth-order valence-corrected chi connectivity index (χ4v) is 3.34. The zero-order chi connectivity index (χ0) is 20.1. The maximum atomic E-state index is 6.10. The molecule has 146 valence electrons. The molecule has 5 nitrogen and oxygen atoms in total. The summed E-state index contributed by atoms with van der Waals surface area (Å²) >= 11 is 0. The van der Waals surface area contributed by atoms with Crippen LogP contribution >= 0.6 is 0 Å². The van der Waals surface area contributed by atoms with E-state index in [0.717, 1.165) is 41.0 Å². The first kappa shape index (κ1) is 18.7. The number of rotatable bonds is 7. The second-order valence-corrected chi connectivity index (χ2v) is 7.06. The molecule has 29 heavy (non-hydrogen) atoms. The summed E-state index contributed by atoms with van der Waals surface area (Å²) < 4.78 is 6.10. The molecule has 0 aliphatic rings. The van der Waals surface area contributed by atoms with Crippen molar-refractivity contribution in [2.24, 2.45) is 0 Å². The lowest BCUT2D eigenvalue weighted by Crippen LogP contribution is -2.08. The van der Waals surface area contributed by atoms with Crippen molar-refractivity contribution in [1.29, 1.82) is 0 Å². The molecule has 0 aliphatic carbocycles. The van der Waals surface area contributed by atoms with E-state index in [0.29, 0.717) is 12.3 Å². The quantitative estimate of drug-likeness (QED) is 0.450. The van der Waals surface area contributed by atoms with Crippen molar-refractivity contribution in [2.45, 2.75) is 20.0 Å². The van der Waals surface area contributed by atoms with Crippen molar-refractivity contribution in [2.75, 3.05) is 17.6 Å². The van der Waals surface area contributed by atoms with Crippen molar-refractivity contribution < 1.29 is 4.74 Å². The van der Waals surface area contributed by atoms with E-state index in [-0.39, 0.29) is 0 Å². The van der Waals surface area contributed by atoms with E-state index in [4.69, 9.17) is 10.5 Å². The largest absolute Gasteiger partial charge is 0.489 e. The molecule has 3 N–H and O–H groups in total. The molecule has 0 aliphatic heterocycles. The van der Waals surface area contributed by atoms with Gasteiger partial charge in [-0.3, -0.25) is 0 Å². The van der Waals surface area contributed by atoms with E-state index in [9.17, 15) is 0 Å². The van der Waals surface area contributed by atoms with Crippen molar-refractivity contribution in [1.82, 2.24) is 9.97 Å². The van der Waals surface area contributed by atoms with Crippen LogP contribution in [0.5, 0.6) is 5.75 Å². The molecule has 4 aromatic rings. The molecule has 4 rings (SSSR count). The van der Waals surface area contributed by atoms with E-state index in [2.05, 4.69) is 52.5 Å². The zero-order valence-corrected chi connectivity index (χ0v) is 16.4. The Labute approximate surface area is 170 Å². The molecule has 5 heteroatoms. The van der Waals surface area contributed by atoms with Gasteiger partial charge in [0, 0.05) is 17.6 Å². The molecule has 0 saturated carbocycles. The number of nitrogens with two attached hydrogens (primary N) is 1. The highest BCUT2D eigenvalue weighted by atomic mass is 16.5. The van der Waals surface area contributed by atoms with Crippen molar-refractivity contribution in [3.05, 3.63) is 89.7 Å². The monoisotopic (exact) mass is 384 g/mol. The van der Waals surface area contributed by atoms with Crippen molar-refractivity contribution >= 4 is 22.4 Å². The third kappa shape index (κ3) is 4.63. The van der Waals surface area contributed by atoms with E-state index < -0.39 is 0 Å². The average molecular weight is 384 g/mol. The van der Waals surface area contributed by atoms with Crippen molar-refractivity contribution in [3.63, 3.8) is 0 Å².